The molecular formula is C54H36N2S. The molecule has 0 aliphatic carbocycles. The van der Waals surface area contributed by atoms with Gasteiger partial charge in [0.25, 0.3) is 0 Å². The molecule has 0 aliphatic heterocycles. The lowest BCUT2D eigenvalue weighted by Gasteiger charge is -2.27. The van der Waals surface area contributed by atoms with Gasteiger partial charge in [0.2, 0.25) is 0 Å². The van der Waals surface area contributed by atoms with Gasteiger partial charge in [-0.15, -0.1) is 11.3 Å². The fourth-order valence-electron chi connectivity index (χ4n) is 8.68. The van der Waals surface area contributed by atoms with E-state index < -0.39 is 0 Å². The van der Waals surface area contributed by atoms with E-state index in [1.807, 2.05) is 11.3 Å². The highest BCUT2D eigenvalue weighted by atomic mass is 32.1. The highest BCUT2D eigenvalue weighted by molar-refractivity contribution is 7.26. The van der Waals surface area contributed by atoms with Crippen LogP contribution in [-0.4, -0.2) is 4.57 Å². The lowest BCUT2D eigenvalue weighted by atomic mass is 9.94. The minimum absolute atomic E-state index is 1.10. The smallest absolute Gasteiger partial charge is 0.0619 e. The largest absolute Gasteiger partial charge is 0.310 e. The molecule has 11 rings (SSSR count). The van der Waals surface area contributed by atoms with E-state index in [-0.39, 0.29) is 0 Å². The summed E-state index contributed by atoms with van der Waals surface area (Å²) < 4.78 is 5.14. The molecule has 0 N–H and O–H groups in total. The first-order valence-electron chi connectivity index (χ1n) is 19.4. The molecule has 9 aromatic carbocycles. The number of benzene rings is 9. The zero-order chi connectivity index (χ0) is 37.7. The number of nitrogens with zero attached hydrogens (tertiary/aromatic N) is 2. The van der Waals surface area contributed by atoms with E-state index in [0.717, 1.165) is 22.6 Å². The van der Waals surface area contributed by atoms with E-state index >= 15 is 0 Å². The van der Waals surface area contributed by atoms with Crippen LogP contribution in [0.4, 0.5) is 17.1 Å². The van der Waals surface area contributed by atoms with Crippen molar-refractivity contribution in [3.8, 4) is 39.1 Å². The molecular weight excluding hydrogens is 709 g/mol. The molecule has 57 heavy (non-hydrogen) atoms. The van der Waals surface area contributed by atoms with Crippen LogP contribution in [0.3, 0.4) is 0 Å². The van der Waals surface area contributed by atoms with Crippen molar-refractivity contribution in [3.63, 3.8) is 0 Å². The molecule has 0 saturated heterocycles. The van der Waals surface area contributed by atoms with Crippen molar-refractivity contribution in [2.75, 3.05) is 4.90 Å². The Kier molecular flexibility index (Phi) is 8.04. The molecule has 0 spiro atoms. The second-order valence-electron chi connectivity index (χ2n) is 14.5. The van der Waals surface area contributed by atoms with Gasteiger partial charge in [-0.1, -0.05) is 170 Å². The number of para-hydroxylation sites is 3. The standard InChI is InChI=1S/C54H36N2S/c1-4-17-37(18-5-1)38-33-35-41(36-34-38)55(40-21-8-3-9-22-40)49-30-16-31-50-52(49)47-24-10-12-29-48(47)56(50)53-42(39-19-6-2-7-20-39)25-14-26-44(53)46-28-15-27-45-43-23-11-13-32-51(43)57-54(45)46/h1-36H. The van der Waals surface area contributed by atoms with Crippen LogP contribution in [0.2, 0.25) is 0 Å². The van der Waals surface area contributed by atoms with Gasteiger partial charge in [-0.3, -0.25) is 0 Å². The third-order valence-electron chi connectivity index (χ3n) is 11.2. The molecule has 268 valence electrons. The molecule has 2 aromatic heterocycles. The second kappa shape index (κ2) is 13.8. The third-order valence-corrected chi connectivity index (χ3v) is 12.4. The molecule has 3 heteroatoms. The molecule has 11 aromatic rings. The maximum absolute atomic E-state index is 2.53. The number of hydrogen-bond acceptors (Lipinski definition) is 2. The van der Waals surface area contributed by atoms with Crippen molar-refractivity contribution >= 4 is 70.4 Å². The number of anilines is 3. The van der Waals surface area contributed by atoms with Gasteiger partial charge < -0.3 is 9.47 Å². The molecule has 0 unspecified atom stereocenters. The summed E-state index contributed by atoms with van der Waals surface area (Å²) in [6.45, 7) is 0. The fourth-order valence-corrected chi connectivity index (χ4v) is 9.91. The quantitative estimate of drug-likeness (QED) is 0.158. The van der Waals surface area contributed by atoms with Crippen LogP contribution in [0.5, 0.6) is 0 Å². The summed E-state index contributed by atoms with van der Waals surface area (Å²) in [7, 11) is 0. The third kappa shape index (κ3) is 5.55. The normalized spacial score (nSPS) is 11.5. The number of rotatable bonds is 7. The molecule has 2 heterocycles. The SMILES string of the molecule is c1ccc(-c2ccc(N(c3ccccc3)c3cccc4c3c3ccccc3n4-c3c(-c4ccccc4)cccc3-c3cccc4c3sc3ccccc34)cc2)cc1. The number of hydrogen-bond donors (Lipinski definition) is 0. The van der Waals surface area contributed by atoms with Crippen LogP contribution in [0.25, 0.3) is 81.0 Å². The van der Waals surface area contributed by atoms with Gasteiger partial charge in [0.15, 0.2) is 0 Å². The Balaban J connectivity index is 1.21. The van der Waals surface area contributed by atoms with E-state index in [1.54, 1.807) is 0 Å². The Morgan fingerprint density at radius 1 is 0.351 bits per heavy atom. The van der Waals surface area contributed by atoms with Crippen LogP contribution in [0.15, 0.2) is 218 Å². The Labute approximate surface area is 335 Å². The van der Waals surface area contributed by atoms with Crippen molar-refractivity contribution in [1.82, 2.24) is 4.57 Å². The summed E-state index contributed by atoms with van der Waals surface area (Å²) in [4.78, 5) is 2.41. The van der Waals surface area contributed by atoms with Gasteiger partial charge in [-0.05, 0) is 65.2 Å². The van der Waals surface area contributed by atoms with E-state index in [9.17, 15) is 0 Å². The summed E-state index contributed by atoms with van der Waals surface area (Å²) in [5, 5.41) is 5.02. The van der Waals surface area contributed by atoms with E-state index in [2.05, 4.69) is 228 Å². The molecule has 0 bridgehead atoms. The van der Waals surface area contributed by atoms with E-state index in [0.29, 0.717) is 0 Å². The lowest BCUT2D eigenvalue weighted by Crippen LogP contribution is -2.10. The minimum Gasteiger partial charge on any atom is -0.310 e. The van der Waals surface area contributed by atoms with E-state index in [1.165, 1.54) is 75.5 Å². The molecule has 0 amide bonds. The van der Waals surface area contributed by atoms with Gasteiger partial charge >= 0.3 is 0 Å². The highest BCUT2D eigenvalue weighted by Gasteiger charge is 2.25. The minimum atomic E-state index is 1.10. The monoisotopic (exact) mass is 744 g/mol. The summed E-state index contributed by atoms with van der Waals surface area (Å²) in [6.07, 6.45) is 0. The molecule has 0 fully saturated rings. The van der Waals surface area contributed by atoms with Crippen molar-refractivity contribution in [2.45, 2.75) is 0 Å². The zero-order valence-electron chi connectivity index (χ0n) is 31.1. The van der Waals surface area contributed by atoms with Crippen LogP contribution >= 0.6 is 11.3 Å². The first-order chi connectivity index (χ1) is 28.3. The van der Waals surface area contributed by atoms with Gasteiger partial charge in [0, 0.05) is 59.0 Å². The maximum Gasteiger partial charge on any atom is 0.0619 e. The number of thiophene rings is 1. The summed E-state index contributed by atoms with van der Waals surface area (Å²) in [5.41, 5.74) is 14.1. The second-order valence-corrected chi connectivity index (χ2v) is 15.5. The molecule has 0 radical (unpaired) electrons. The predicted molar refractivity (Wildman–Crippen MR) is 245 cm³/mol. The first kappa shape index (κ1) is 33.2. The molecule has 0 saturated carbocycles. The molecule has 0 aliphatic rings. The van der Waals surface area contributed by atoms with Crippen molar-refractivity contribution in [3.05, 3.63) is 218 Å². The van der Waals surface area contributed by atoms with Gasteiger partial charge in [-0.2, -0.15) is 0 Å². The van der Waals surface area contributed by atoms with Crippen molar-refractivity contribution in [2.24, 2.45) is 0 Å². The van der Waals surface area contributed by atoms with Crippen LogP contribution in [0.1, 0.15) is 0 Å². The average molecular weight is 745 g/mol. The van der Waals surface area contributed by atoms with Gasteiger partial charge in [0.05, 0.1) is 22.4 Å². The summed E-state index contributed by atoms with van der Waals surface area (Å²) in [6, 6.07) is 79.3. The Hall–Kier alpha value is -7.20. The predicted octanol–water partition coefficient (Wildman–Crippen LogP) is 15.6. The summed E-state index contributed by atoms with van der Waals surface area (Å²) >= 11 is 1.88. The zero-order valence-corrected chi connectivity index (χ0v) is 31.9. The number of fused-ring (bicyclic) bond motifs is 6. The van der Waals surface area contributed by atoms with Gasteiger partial charge in [0.1, 0.15) is 0 Å². The van der Waals surface area contributed by atoms with E-state index in [4.69, 9.17) is 0 Å². The Bertz CT molecular complexity index is 3220. The Morgan fingerprint density at radius 3 is 1.68 bits per heavy atom. The van der Waals surface area contributed by atoms with Crippen LogP contribution in [-0.2, 0) is 0 Å². The molecule has 2 nitrogen and oxygen atoms in total. The Morgan fingerprint density at radius 2 is 0.895 bits per heavy atom. The lowest BCUT2D eigenvalue weighted by molar-refractivity contribution is 1.18. The average Bonchev–Trinajstić information content (AvgIpc) is 3.84. The first-order valence-corrected chi connectivity index (χ1v) is 20.3. The number of aromatic nitrogens is 1. The topological polar surface area (TPSA) is 8.17 Å². The molecule has 0 atom stereocenters. The fraction of sp³-hybridized carbons (Fsp3) is 0. The highest BCUT2D eigenvalue weighted by Crippen LogP contribution is 2.48. The summed E-state index contributed by atoms with van der Waals surface area (Å²) in [5.74, 6) is 0. The van der Waals surface area contributed by atoms with Crippen LogP contribution < -0.4 is 4.90 Å². The van der Waals surface area contributed by atoms with Gasteiger partial charge in [-0.25, -0.2) is 0 Å². The van der Waals surface area contributed by atoms with Crippen molar-refractivity contribution < 1.29 is 0 Å². The van der Waals surface area contributed by atoms with Crippen LogP contribution in [0, 0.1) is 0 Å². The van der Waals surface area contributed by atoms with Crippen molar-refractivity contribution in [1.29, 1.82) is 0 Å². The maximum atomic E-state index is 2.53.